The van der Waals surface area contributed by atoms with Crippen LogP contribution in [0.4, 0.5) is 0 Å². The first-order valence-corrected chi connectivity index (χ1v) is 7.24. The summed E-state index contributed by atoms with van der Waals surface area (Å²) in [6.07, 6.45) is 3.42. The molecule has 1 saturated heterocycles. The molecule has 1 unspecified atom stereocenters. The van der Waals surface area contributed by atoms with Gasteiger partial charge in [0.1, 0.15) is 0 Å². The molecule has 3 heteroatoms. The minimum absolute atomic E-state index is 0.252. The SMILES string of the molecule is Cc1ccc(CNC(=O)C2CC23CCNCC3)cc1. The van der Waals surface area contributed by atoms with Crippen molar-refractivity contribution in [1.82, 2.24) is 10.6 Å². The van der Waals surface area contributed by atoms with Crippen LogP contribution in [0, 0.1) is 18.3 Å². The Hall–Kier alpha value is -1.35. The quantitative estimate of drug-likeness (QED) is 0.870. The number of piperidine rings is 1. The van der Waals surface area contributed by atoms with E-state index in [1.807, 2.05) is 0 Å². The highest BCUT2D eigenvalue weighted by Gasteiger charge is 2.57. The number of hydrogen-bond acceptors (Lipinski definition) is 2. The van der Waals surface area contributed by atoms with Gasteiger partial charge in [0.25, 0.3) is 0 Å². The molecule has 1 atom stereocenters. The fourth-order valence-electron chi connectivity index (χ4n) is 3.21. The van der Waals surface area contributed by atoms with Crippen LogP contribution < -0.4 is 10.6 Å². The van der Waals surface area contributed by atoms with Crippen LogP contribution in [0.25, 0.3) is 0 Å². The molecule has 1 heterocycles. The highest BCUT2D eigenvalue weighted by molar-refractivity contribution is 5.82. The van der Waals surface area contributed by atoms with E-state index in [9.17, 15) is 4.79 Å². The van der Waals surface area contributed by atoms with Gasteiger partial charge in [-0.15, -0.1) is 0 Å². The van der Waals surface area contributed by atoms with Gasteiger partial charge < -0.3 is 10.6 Å². The normalized spacial score (nSPS) is 24.2. The average Bonchev–Trinajstić information content (AvgIpc) is 3.12. The fraction of sp³-hybridized carbons (Fsp3) is 0.562. The van der Waals surface area contributed by atoms with Crippen LogP contribution in [0.1, 0.15) is 30.4 Å². The number of nitrogens with one attached hydrogen (secondary N) is 2. The van der Waals surface area contributed by atoms with Crippen LogP contribution in [-0.4, -0.2) is 19.0 Å². The van der Waals surface area contributed by atoms with Gasteiger partial charge in [-0.3, -0.25) is 4.79 Å². The molecule has 2 aliphatic rings. The van der Waals surface area contributed by atoms with Gasteiger partial charge in [0, 0.05) is 12.5 Å². The third-order valence-corrected chi connectivity index (χ3v) is 4.69. The van der Waals surface area contributed by atoms with E-state index in [0.29, 0.717) is 12.0 Å². The highest BCUT2D eigenvalue weighted by Crippen LogP contribution is 2.58. The molecule has 1 aromatic carbocycles. The maximum absolute atomic E-state index is 12.2. The van der Waals surface area contributed by atoms with Crippen molar-refractivity contribution in [3.05, 3.63) is 35.4 Å². The van der Waals surface area contributed by atoms with Crippen molar-refractivity contribution in [3.8, 4) is 0 Å². The lowest BCUT2D eigenvalue weighted by molar-refractivity contribution is -0.123. The molecule has 1 spiro atoms. The molecule has 2 fully saturated rings. The molecule has 1 amide bonds. The largest absolute Gasteiger partial charge is 0.352 e. The van der Waals surface area contributed by atoms with Gasteiger partial charge in [-0.2, -0.15) is 0 Å². The van der Waals surface area contributed by atoms with Gasteiger partial charge in [0.15, 0.2) is 0 Å². The zero-order valence-corrected chi connectivity index (χ0v) is 11.5. The summed E-state index contributed by atoms with van der Waals surface area (Å²) >= 11 is 0. The number of carbonyl (C=O) groups is 1. The number of amides is 1. The molecule has 0 bridgehead atoms. The minimum Gasteiger partial charge on any atom is -0.352 e. The second kappa shape index (κ2) is 4.97. The molecule has 3 nitrogen and oxygen atoms in total. The van der Waals surface area contributed by atoms with E-state index >= 15 is 0 Å². The Morgan fingerprint density at radius 2 is 2.00 bits per heavy atom. The van der Waals surface area contributed by atoms with E-state index in [1.165, 1.54) is 11.1 Å². The lowest BCUT2D eigenvalue weighted by Crippen LogP contribution is -2.33. The molecule has 0 radical (unpaired) electrons. The summed E-state index contributed by atoms with van der Waals surface area (Å²) in [5, 5.41) is 6.46. The van der Waals surface area contributed by atoms with Crippen molar-refractivity contribution in [1.29, 1.82) is 0 Å². The molecule has 3 rings (SSSR count). The van der Waals surface area contributed by atoms with Crippen LogP contribution in [0.3, 0.4) is 0 Å². The Labute approximate surface area is 114 Å². The van der Waals surface area contributed by atoms with Crippen LogP contribution in [-0.2, 0) is 11.3 Å². The molecule has 102 valence electrons. The first-order valence-electron chi connectivity index (χ1n) is 7.24. The Kier molecular flexibility index (Phi) is 3.31. The Bertz CT molecular complexity index is 460. The highest BCUT2D eigenvalue weighted by atomic mass is 16.2. The summed E-state index contributed by atoms with van der Waals surface area (Å²) in [6, 6.07) is 8.35. The van der Waals surface area contributed by atoms with Gasteiger partial charge in [-0.1, -0.05) is 29.8 Å². The van der Waals surface area contributed by atoms with Crippen LogP contribution in [0.2, 0.25) is 0 Å². The van der Waals surface area contributed by atoms with Crippen molar-refractivity contribution >= 4 is 5.91 Å². The summed E-state index contributed by atoms with van der Waals surface area (Å²) in [5.74, 6) is 0.516. The Morgan fingerprint density at radius 3 is 2.68 bits per heavy atom. The molecular weight excluding hydrogens is 236 g/mol. The number of hydrogen-bond donors (Lipinski definition) is 2. The van der Waals surface area contributed by atoms with E-state index in [-0.39, 0.29) is 11.8 Å². The molecular formula is C16H22N2O. The van der Waals surface area contributed by atoms with Crippen LogP contribution >= 0.6 is 0 Å². The van der Waals surface area contributed by atoms with Gasteiger partial charge >= 0.3 is 0 Å². The number of carbonyl (C=O) groups excluding carboxylic acids is 1. The summed E-state index contributed by atoms with van der Waals surface area (Å²) in [5.41, 5.74) is 2.77. The van der Waals surface area contributed by atoms with Crippen LogP contribution in [0.15, 0.2) is 24.3 Å². The topological polar surface area (TPSA) is 41.1 Å². The van der Waals surface area contributed by atoms with Gasteiger partial charge in [0.2, 0.25) is 5.91 Å². The van der Waals surface area contributed by atoms with Crippen LogP contribution in [0.5, 0.6) is 0 Å². The summed E-state index contributed by atoms with van der Waals surface area (Å²) in [6.45, 7) is 4.88. The predicted octanol–water partition coefficient (Wildman–Crippen LogP) is 2.00. The maximum Gasteiger partial charge on any atom is 0.223 e. The second-order valence-electron chi connectivity index (χ2n) is 6.07. The molecule has 2 N–H and O–H groups in total. The third kappa shape index (κ3) is 2.66. The van der Waals surface area contributed by atoms with Crippen molar-refractivity contribution < 1.29 is 4.79 Å². The van der Waals surface area contributed by atoms with E-state index in [0.717, 1.165) is 32.4 Å². The summed E-state index contributed by atoms with van der Waals surface area (Å²) < 4.78 is 0. The lowest BCUT2D eigenvalue weighted by atomic mass is 9.92. The molecule has 1 saturated carbocycles. The lowest BCUT2D eigenvalue weighted by Gasteiger charge is -2.23. The smallest absolute Gasteiger partial charge is 0.223 e. The third-order valence-electron chi connectivity index (χ3n) is 4.69. The van der Waals surface area contributed by atoms with E-state index < -0.39 is 0 Å². The van der Waals surface area contributed by atoms with Gasteiger partial charge in [-0.25, -0.2) is 0 Å². The summed E-state index contributed by atoms with van der Waals surface area (Å²) in [7, 11) is 0. The van der Waals surface area contributed by atoms with Gasteiger partial charge in [0.05, 0.1) is 0 Å². The number of benzene rings is 1. The predicted molar refractivity (Wildman–Crippen MR) is 75.7 cm³/mol. The average molecular weight is 258 g/mol. The second-order valence-corrected chi connectivity index (χ2v) is 6.07. The zero-order chi connectivity index (χ0) is 13.3. The monoisotopic (exact) mass is 258 g/mol. The summed E-state index contributed by atoms with van der Waals surface area (Å²) in [4.78, 5) is 12.2. The van der Waals surface area contributed by atoms with E-state index in [1.54, 1.807) is 0 Å². The first kappa shape index (κ1) is 12.7. The zero-order valence-electron chi connectivity index (χ0n) is 11.5. The number of rotatable bonds is 3. The van der Waals surface area contributed by atoms with Crippen molar-refractivity contribution in [2.45, 2.75) is 32.7 Å². The first-order chi connectivity index (χ1) is 9.20. The van der Waals surface area contributed by atoms with E-state index in [2.05, 4.69) is 41.8 Å². The molecule has 1 aliphatic carbocycles. The Balaban J connectivity index is 1.51. The number of aryl methyl sites for hydroxylation is 1. The maximum atomic E-state index is 12.2. The standard InChI is InChI=1S/C16H22N2O/c1-12-2-4-13(5-3-12)11-18-15(19)14-10-16(14)6-8-17-9-7-16/h2-5,14,17H,6-11H2,1H3,(H,18,19). The van der Waals surface area contributed by atoms with Crippen molar-refractivity contribution in [3.63, 3.8) is 0 Å². The Morgan fingerprint density at radius 1 is 1.32 bits per heavy atom. The van der Waals surface area contributed by atoms with Gasteiger partial charge in [-0.05, 0) is 50.3 Å². The molecule has 0 aromatic heterocycles. The molecule has 1 aliphatic heterocycles. The molecule has 19 heavy (non-hydrogen) atoms. The molecule has 1 aromatic rings. The van der Waals surface area contributed by atoms with Crippen molar-refractivity contribution in [2.75, 3.05) is 13.1 Å². The fourth-order valence-corrected chi connectivity index (χ4v) is 3.21. The minimum atomic E-state index is 0.252. The van der Waals surface area contributed by atoms with E-state index in [4.69, 9.17) is 0 Å². The van der Waals surface area contributed by atoms with Crippen molar-refractivity contribution in [2.24, 2.45) is 11.3 Å².